The Hall–Kier alpha value is -3.74. The first-order chi connectivity index (χ1) is 15.0. The fraction of sp³-hybridized carbons (Fsp3) is 0.208. The summed E-state index contributed by atoms with van der Waals surface area (Å²) in [7, 11) is 0. The number of nitrogens with zero attached hydrogens (tertiary/aromatic N) is 2. The molecule has 0 bridgehead atoms. The number of nitrogens with one attached hydrogen (secondary N) is 1. The number of benzene rings is 2. The number of ether oxygens (including phenoxy) is 1. The average molecular weight is 421 g/mol. The van der Waals surface area contributed by atoms with E-state index in [4.69, 9.17) is 4.74 Å². The average Bonchev–Trinajstić information content (AvgIpc) is 2.81. The van der Waals surface area contributed by atoms with Gasteiger partial charge in [0.05, 0.1) is 6.54 Å². The van der Waals surface area contributed by atoms with Crippen molar-refractivity contribution in [3.05, 3.63) is 95.6 Å². The van der Waals surface area contributed by atoms with E-state index >= 15 is 0 Å². The van der Waals surface area contributed by atoms with E-state index in [1.54, 1.807) is 48.8 Å². The largest absolute Gasteiger partial charge is 0.489 e. The molecule has 0 aliphatic rings. The number of likely N-dealkylation sites (N-methyl/N-ethyl adjacent to an activating group) is 1. The van der Waals surface area contributed by atoms with Crippen LogP contribution in [0.3, 0.4) is 0 Å². The molecule has 160 valence electrons. The van der Waals surface area contributed by atoms with E-state index in [1.165, 1.54) is 17.0 Å². The highest BCUT2D eigenvalue weighted by Crippen LogP contribution is 2.16. The maximum Gasteiger partial charge on any atom is 0.254 e. The minimum Gasteiger partial charge on any atom is -0.489 e. The Kier molecular flexibility index (Phi) is 7.70. The van der Waals surface area contributed by atoms with Gasteiger partial charge in [-0.3, -0.25) is 14.6 Å². The van der Waals surface area contributed by atoms with Crippen LogP contribution in [0, 0.1) is 5.82 Å². The molecule has 3 rings (SSSR count). The van der Waals surface area contributed by atoms with Crippen LogP contribution in [0.1, 0.15) is 28.4 Å². The van der Waals surface area contributed by atoms with Gasteiger partial charge < -0.3 is 15.0 Å². The predicted octanol–water partition coefficient (Wildman–Crippen LogP) is 3.58. The molecule has 1 aromatic heterocycles. The van der Waals surface area contributed by atoms with Crippen LogP contribution in [0.5, 0.6) is 5.75 Å². The fourth-order valence-electron chi connectivity index (χ4n) is 2.91. The van der Waals surface area contributed by atoms with Crippen LogP contribution in [-0.4, -0.2) is 34.8 Å². The maximum atomic E-state index is 13.0. The van der Waals surface area contributed by atoms with Crippen LogP contribution in [-0.2, 0) is 17.9 Å². The van der Waals surface area contributed by atoms with Crippen molar-refractivity contribution in [2.75, 3.05) is 13.1 Å². The van der Waals surface area contributed by atoms with Crippen molar-refractivity contribution in [1.82, 2.24) is 15.2 Å². The molecule has 1 N–H and O–H groups in total. The number of rotatable bonds is 9. The molecule has 0 aliphatic carbocycles. The van der Waals surface area contributed by atoms with Gasteiger partial charge in [-0.05, 0) is 48.9 Å². The number of carbonyl (C=O) groups is 2. The molecule has 31 heavy (non-hydrogen) atoms. The van der Waals surface area contributed by atoms with Gasteiger partial charge in [-0.1, -0.05) is 24.3 Å². The lowest BCUT2D eigenvalue weighted by Crippen LogP contribution is -2.40. The molecular weight excluding hydrogens is 397 g/mol. The second kappa shape index (κ2) is 10.9. The van der Waals surface area contributed by atoms with Crippen molar-refractivity contribution < 1.29 is 18.7 Å². The third-order valence-electron chi connectivity index (χ3n) is 4.62. The number of halogens is 1. The molecule has 0 atom stereocenters. The molecule has 0 fully saturated rings. The van der Waals surface area contributed by atoms with Gasteiger partial charge in [0, 0.05) is 36.6 Å². The fourth-order valence-corrected chi connectivity index (χ4v) is 2.91. The van der Waals surface area contributed by atoms with Crippen LogP contribution in [0.15, 0.2) is 73.1 Å². The summed E-state index contributed by atoms with van der Waals surface area (Å²) in [6.07, 6.45) is 3.41. The van der Waals surface area contributed by atoms with Gasteiger partial charge in [0.15, 0.2) is 0 Å². The van der Waals surface area contributed by atoms with Crippen LogP contribution >= 0.6 is 0 Å². The highest BCUT2D eigenvalue weighted by Gasteiger charge is 2.18. The quantitative estimate of drug-likeness (QED) is 0.573. The zero-order valence-corrected chi connectivity index (χ0v) is 17.3. The Bertz CT molecular complexity index is 1010. The number of hydrogen-bond acceptors (Lipinski definition) is 4. The molecule has 0 saturated heterocycles. The summed E-state index contributed by atoms with van der Waals surface area (Å²) in [6, 6.07) is 16.5. The molecule has 6 nitrogen and oxygen atoms in total. The van der Waals surface area contributed by atoms with Crippen molar-refractivity contribution in [2.24, 2.45) is 0 Å². The number of carbonyl (C=O) groups excluding carboxylic acids is 2. The molecule has 0 spiro atoms. The Morgan fingerprint density at radius 1 is 1.06 bits per heavy atom. The Balaban J connectivity index is 1.56. The summed E-state index contributed by atoms with van der Waals surface area (Å²) < 4.78 is 18.7. The minimum atomic E-state index is -0.329. The second-order valence-corrected chi connectivity index (χ2v) is 6.90. The highest BCUT2D eigenvalue weighted by molar-refractivity contribution is 5.96. The summed E-state index contributed by atoms with van der Waals surface area (Å²) in [5, 5.41) is 2.75. The second-order valence-electron chi connectivity index (χ2n) is 6.90. The smallest absolute Gasteiger partial charge is 0.254 e. The monoisotopic (exact) mass is 421 g/mol. The van der Waals surface area contributed by atoms with Crippen LogP contribution in [0.4, 0.5) is 4.39 Å². The molecular formula is C24H24FN3O3. The third-order valence-corrected chi connectivity index (χ3v) is 4.62. The van der Waals surface area contributed by atoms with E-state index in [9.17, 15) is 14.0 Å². The molecule has 0 aliphatic heterocycles. The van der Waals surface area contributed by atoms with Gasteiger partial charge in [0.2, 0.25) is 5.91 Å². The van der Waals surface area contributed by atoms with Crippen LogP contribution in [0.2, 0.25) is 0 Å². The highest BCUT2D eigenvalue weighted by atomic mass is 19.1. The van der Waals surface area contributed by atoms with Gasteiger partial charge in [0.25, 0.3) is 5.91 Å². The topological polar surface area (TPSA) is 71.5 Å². The molecule has 0 unspecified atom stereocenters. The molecule has 3 aromatic rings. The first-order valence-electron chi connectivity index (χ1n) is 9.97. The van der Waals surface area contributed by atoms with Crippen molar-refractivity contribution in [2.45, 2.75) is 20.1 Å². The van der Waals surface area contributed by atoms with Crippen molar-refractivity contribution in [3.63, 3.8) is 0 Å². The normalized spacial score (nSPS) is 10.4. The summed E-state index contributed by atoms with van der Waals surface area (Å²) >= 11 is 0. The number of amides is 2. The van der Waals surface area contributed by atoms with Gasteiger partial charge in [-0.15, -0.1) is 0 Å². The first kappa shape index (κ1) is 22.0. The Morgan fingerprint density at radius 2 is 1.87 bits per heavy atom. The summed E-state index contributed by atoms with van der Waals surface area (Å²) in [5.41, 5.74) is 2.15. The van der Waals surface area contributed by atoms with Crippen LogP contribution < -0.4 is 10.1 Å². The lowest BCUT2D eigenvalue weighted by molar-refractivity contribution is -0.121. The standard InChI is InChI=1S/C24H24FN3O3/c1-2-28(16-23(29)27-15-18-8-10-21(25)11-9-18)24(30)20-6-3-7-22(13-20)31-17-19-5-4-12-26-14-19/h3-14H,2,15-17H2,1H3,(H,27,29). The van der Waals surface area contributed by atoms with Gasteiger partial charge in [-0.25, -0.2) is 4.39 Å². The number of pyridine rings is 1. The molecule has 7 heteroatoms. The maximum absolute atomic E-state index is 13.0. The van der Waals surface area contributed by atoms with E-state index in [2.05, 4.69) is 10.3 Å². The van der Waals surface area contributed by atoms with E-state index in [-0.39, 0.29) is 30.7 Å². The third kappa shape index (κ3) is 6.64. The molecule has 2 amide bonds. The van der Waals surface area contributed by atoms with Crippen molar-refractivity contribution >= 4 is 11.8 Å². The van der Waals surface area contributed by atoms with E-state index in [0.717, 1.165) is 11.1 Å². The zero-order valence-electron chi connectivity index (χ0n) is 17.3. The summed E-state index contributed by atoms with van der Waals surface area (Å²) in [4.78, 5) is 30.7. The van der Waals surface area contributed by atoms with E-state index in [0.29, 0.717) is 24.5 Å². The number of hydrogen-bond donors (Lipinski definition) is 1. The first-order valence-corrected chi connectivity index (χ1v) is 9.97. The Morgan fingerprint density at radius 3 is 2.58 bits per heavy atom. The van der Waals surface area contributed by atoms with E-state index in [1.807, 2.05) is 19.1 Å². The SMILES string of the molecule is CCN(CC(=O)NCc1ccc(F)cc1)C(=O)c1cccc(OCc2cccnc2)c1. The lowest BCUT2D eigenvalue weighted by Gasteiger charge is -2.21. The van der Waals surface area contributed by atoms with Crippen LogP contribution in [0.25, 0.3) is 0 Å². The van der Waals surface area contributed by atoms with Gasteiger partial charge in [-0.2, -0.15) is 0 Å². The molecule has 0 saturated carbocycles. The summed E-state index contributed by atoms with van der Waals surface area (Å²) in [6.45, 7) is 2.73. The Labute approximate surface area is 180 Å². The minimum absolute atomic E-state index is 0.0721. The van der Waals surface area contributed by atoms with E-state index < -0.39 is 0 Å². The molecule has 1 heterocycles. The number of aromatic nitrogens is 1. The van der Waals surface area contributed by atoms with Crippen molar-refractivity contribution in [1.29, 1.82) is 0 Å². The molecule has 2 aromatic carbocycles. The zero-order chi connectivity index (χ0) is 22.1. The summed E-state index contributed by atoms with van der Waals surface area (Å²) in [5.74, 6) is -0.314. The van der Waals surface area contributed by atoms with Crippen molar-refractivity contribution in [3.8, 4) is 5.75 Å². The predicted molar refractivity (Wildman–Crippen MR) is 115 cm³/mol. The molecule has 0 radical (unpaired) electrons. The van der Waals surface area contributed by atoms with Gasteiger partial charge in [0.1, 0.15) is 18.2 Å². The van der Waals surface area contributed by atoms with Gasteiger partial charge >= 0.3 is 0 Å². The lowest BCUT2D eigenvalue weighted by atomic mass is 10.2.